The summed E-state index contributed by atoms with van der Waals surface area (Å²) in [5.41, 5.74) is 0.986. The van der Waals surface area contributed by atoms with Crippen molar-refractivity contribution in [1.82, 2.24) is 0 Å². The Kier molecular flexibility index (Phi) is 6.38. The van der Waals surface area contributed by atoms with Crippen LogP contribution in [0.4, 0.5) is 5.69 Å². The second kappa shape index (κ2) is 8.33. The van der Waals surface area contributed by atoms with E-state index in [0.717, 1.165) is 15.6 Å². The molecule has 0 aliphatic heterocycles. The number of hydrogen-bond donors (Lipinski definition) is 0. The maximum Gasteiger partial charge on any atom is 0.337 e. The minimum absolute atomic E-state index is 0.0877. The molecule has 0 aliphatic rings. The Morgan fingerprint density at radius 1 is 1.23 bits per heavy atom. The van der Waals surface area contributed by atoms with Crippen LogP contribution in [0.25, 0.3) is 0 Å². The van der Waals surface area contributed by atoms with Crippen LogP contribution in [0.15, 0.2) is 39.9 Å². The van der Waals surface area contributed by atoms with Gasteiger partial charge in [-0.2, -0.15) is 0 Å². The number of benzene rings is 1. The van der Waals surface area contributed by atoms with E-state index in [1.54, 1.807) is 31.4 Å². The minimum Gasteiger partial charge on any atom is -0.465 e. The maximum absolute atomic E-state index is 13.0. The fourth-order valence-corrected chi connectivity index (χ4v) is 4.84. The summed E-state index contributed by atoms with van der Waals surface area (Å²) in [4.78, 5) is 23.8. The molecule has 0 unspecified atom stereocenters. The van der Waals surface area contributed by atoms with Gasteiger partial charge in [0.15, 0.2) is 0 Å². The van der Waals surface area contributed by atoms with Gasteiger partial charge in [-0.1, -0.05) is 12.1 Å². The molecule has 2 rings (SSSR count). The van der Waals surface area contributed by atoms with Crippen LogP contribution < -0.4 is 4.31 Å². The monoisotopic (exact) mass is 397 g/mol. The Bertz CT molecular complexity index is 890. The van der Waals surface area contributed by atoms with E-state index in [2.05, 4.69) is 0 Å². The number of carbonyl (C=O) groups is 2. The number of rotatable bonds is 7. The van der Waals surface area contributed by atoms with Crippen molar-refractivity contribution in [1.29, 1.82) is 0 Å². The molecular weight excluding hydrogens is 378 g/mol. The first kappa shape index (κ1) is 19.9. The third-order valence-corrected chi connectivity index (χ3v) is 6.65. The van der Waals surface area contributed by atoms with Gasteiger partial charge < -0.3 is 9.47 Å². The van der Waals surface area contributed by atoms with Crippen LogP contribution in [0.3, 0.4) is 0 Å². The van der Waals surface area contributed by atoms with Crippen LogP contribution in [0, 0.1) is 6.92 Å². The Hall–Kier alpha value is -2.39. The number of nitrogens with zero attached hydrogens (tertiary/aromatic N) is 1. The Labute approximate surface area is 156 Å². The van der Waals surface area contributed by atoms with Crippen LogP contribution >= 0.6 is 11.3 Å². The number of carbonyl (C=O) groups excluding carboxylic acids is 2. The lowest BCUT2D eigenvalue weighted by molar-refractivity contribution is -0.141. The molecule has 9 heteroatoms. The van der Waals surface area contributed by atoms with Gasteiger partial charge in [0.25, 0.3) is 10.0 Å². The number of anilines is 1. The summed E-state index contributed by atoms with van der Waals surface area (Å²) in [5, 5.41) is 1.63. The molecule has 0 radical (unpaired) electrons. The van der Waals surface area contributed by atoms with Gasteiger partial charge in [-0.3, -0.25) is 9.10 Å². The first-order valence-corrected chi connectivity index (χ1v) is 10.0. The highest BCUT2D eigenvalue weighted by Crippen LogP contribution is 2.30. The lowest BCUT2D eigenvalue weighted by atomic mass is 10.1. The maximum atomic E-state index is 13.0. The number of ether oxygens (including phenoxy) is 2. The third kappa shape index (κ3) is 4.23. The molecule has 0 saturated carbocycles. The van der Waals surface area contributed by atoms with Crippen LogP contribution in [-0.4, -0.2) is 40.6 Å². The zero-order chi connectivity index (χ0) is 19.3. The van der Waals surface area contributed by atoms with Crippen molar-refractivity contribution in [3.05, 3.63) is 46.8 Å². The second-order valence-electron chi connectivity index (χ2n) is 5.24. The van der Waals surface area contributed by atoms with Crippen molar-refractivity contribution < 1.29 is 27.5 Å². The SMILES string of the molecule is CCOC(=O)CN(c1cc(C(=O)OC)ccc1C)S(=O)(=O)c1cccs1. The van der Waals surface area contributed by atoms with E-state index in [0.29, 0.717) is 5.56 Å². The van der Waals surface area contributed by atoms with Crippen LogP contribution in [-0.2, 0) is 24.3 Å². The molecule has 0 saturated heterocycles. The van der Waals surface area contributed by atoms with E-state index in [-0.39, 0.29) is 22.1 Å². The zero-order valence-electron chi connectivity index (χ0n) is 14.6. The predicted molar refractivity (Wildman–Crippen MR) is 98.0 cm³/mol. The van der Waals surface area contributed by atoms with Crippen LogP contribution in [0.5, 0.6) is 0 Å². The Morgan fingerprint density at radius 3 is 2.54 bits per heavy atom. The molecule has 0 atom stereocenters. The highest BCUT2D eigenvalue weighted by atomic mass is 32.2. The van der Waals surface area contributed by atoms with Gasteiger partial charge in [-0.25, -0.2) is 13.2 Å². The summed E-state index contributed by atoms with van der Waals surface area (Å²) in [6.07, 6.45) is 0. The molecule has 26 heavy (non-hydrogen) atoms. The molecule has 0 aliphatic carbocycles. The molecule has 2 aromatic rings. The van der Waals surface area contributed by atoms with Gasteiger partial charge in [0, 0.05) is 0 Å². The van der Waals surface area contributed by atoms with Crippen molar-refractivity contribution in [2.75, 3.05) is 24.6 Å². The highest BCUT2D eigenvalue weighted by molar-refractivity contribution is 7.94. The second-order valence-corrected chi connectivity index (χ2v) is 8.28. The lowest BCUT2D eigenvalue weighted by Crippen LogP contribution is -2.36. The third-order valence-electron chi connectivity index (χ3n) is 3.52. The van der Waals surface area contributed by atoms with E-state index in [1.807, 2.05) is 0 Å². The topological polar surface area (TPSA) is 90.0 Å². The van der Waals surface area contributed by atoms with Crippen LogP contribution in [0.2, 0.25) is 0 Å². The standard InChI is InChI=1S/C17H19NO6S2/c1-4-24-15(19)11-18(26(21,22)16-6-5-9-25-16)14-10-13(17(20)23-3)8-7-12(14)2/h5-10H,4,11H2,1-3H3. The number of aryl methyl sites for hydroxylation is 1. The average Bonchev–Trinajstić information content (AvgIpc) is 3.15. The molecule has 0 spiro atoms. The molecule has 0 N–H and O–H groups in total. The van der Waals surface area contributed by atoms with Gasteiger partial charge in [-0.15, -0.1) is 11.3 Å². The van der Waals surface area contributed by atoms with E-state index in [4.69, 9.17) is 9.47 Å². The van der Waals surface area contributed by atoms with E-state index >= 15 is 0 Å². The summed E-state index contributed by atoms with van der Waals surface area (Å²) < 4.78 is 36.7. The molecular formula is C17H19NO6S2. The van der Waals surface area contributed by atoms with E-state index < -0.39 is 28.5 Å². The number of thiophene rings is 1. The summed E-state index contributed by atoms with van der Waals surface area (Å²) in [5.74, 6) is -1.29. The minimum atomic E-state index is -4.00. The van der Waals surface area contributed by atoms with E-state index in [1.165, 1.54) is 25.3 Å². The largest absolute Gasteiger partial charge is 0.465 e. The van der Waals surface area contributed by atoms with Gasteiger partial charge >= 0.3 is 11.9 Å². The highest BCUT2D eigenvalue weighted by Gasteiger charge is 2.30. The van der Waals surface area contributed by atoms with Gasteiger partial charge in [0.1, 0.15) is 10.8 Å². The number of esters is 2. The first-order valence-electron chi connectivity index (χ1n) is 7.72. The zero-order valence-corrected chi connectivity index (χ0v) is 16.2. The average molecular weight is 397 g/mol. The van der Waals surface area contributed by atoms with Crippen LogP contribution in [0.1, 0.15) is 22.8 Å². The molecule has 140 valence electrons. The first-order chi connectivity index (χ1) is 12.3. The number of methoxy groups -OCH3 is 1. The smallest absolute Gasteiger partial charge is 0.337 e. The summed E-state index contributed by atoms with van der Waals surface area (Å²) in [6.45, 7) is 2.96. The van der Waals surface area contributed by atoms with Crippen molar-refractivity contribution in [2.45, 2.75) is 18.1 Å². The van der Waals surface area contributed by atoms with Crippen molar-refractivity contribution in [2.24, 2.45) is 0 Å². The Balaban J connectivity index is 2.57. The fourth-order valence-electron chi connectivity index (χ4n) is 2.27. The quantitative estimate of drug-likeness (QED) is 0.667. The van der Waals surface area contributed by atoms with Gasteiger partial charge in [0.05, 0.1) is 25.0 Å². The van der Waals surface area contributed by atoms with Crippen molar-refractivity contribution in [3.8, 4) is 0 Å². The van der Waals surface area contributed by atoms with E-state index in [9.17, 15) is 18.0 Å². The number of sulfonamides is 1. The van der Waals surface area contributed by atoms with Crippen molar-refractivity contribution >= 4 is 39.0 Å². The van der Waals surface area contributed by atoms with Gasteiger partial charge in [0.2, 0.25) is 0 Å². The predicted octanol–water partition coefficient (Wildman–Crippen LogP) is 2.60. The molecule has 0 amide bonds. The molecule has 0 fully saturated rings. The fraction of sp³-hybridized carbons (Fsp3) is 0.294. The molecule has 1 heterocycles. The normalized spacial score (nSPS) is 11.0. The molecule has 0 bridgehead atoms. The summed E-state index contributed by atoms with van der Waals surface area (Å²) in [7, 11) is -2.76. The molecule has 1 aromatic carbocycles. The lowest BCUT2D eigenvalue weighted by Gasteiger charge is -2.24. The van der Waals surface area contributed by atoms with Crippen molar-refractivity contribution in [3.63, 3.8) is 0 Å². The van der Waals surface area contributed by atoms with Gasteiger partial charge in [-0.05, 0) is 43.0 Å². The molecule has 1 aromatic heterocycles. The number of hydrogen-bond acceptors (Lipinski definition) is 7. The summed E-state index contributed by atoms with van der Waals surface area (Å²) >= 11 is 1.04. The summed E-state index contributed by atoms with van der Waals surface area (Å²) in [6, 6.07) is 7.59. The Morgan fingerprint density at radius 2 is 1.96 bits per heavy atom. The molecule has 7 nitrogen and oxygen atoms in total.